The van der Waals surface area contributed by atoms with E-state index in [9.17, 15) is 9.59 Å². The molecular weight excluding hydrogens is 412 g/mol. The first kappa shape index (κ1) is 22.2. The average molecular weight is 445 g/mol. The summed E-state index contributed by atoms with van der Waals surface area (Å²) in [5, 5.41) is 2.12. The summed E-state index contributed by atoms with van der Waals surface area (Å²) in [6.07, 6.45) is 4.29. The van der Waals surface area contributed by atoms with Crippen molar-refractivity contribution in [2.45, 2.75) is 50.5 Å². The molecule has 1 unspecified atom stereocenters. The average Bonchev–Trinajstić information content (AvgIpc) is 3.30. The Morgan fingerprint density at radius 2 is 2.10 bits per heavy atom. The molecule has 31 heavy (non-hydrogen) atoms. The van der Waals surface area contributed by atoms with E-state index >= 15 is 0 Å². The highest BCUT2D eigenvalue weighted by Gasteiger charge is 2.27. The highest BCUT2D eigenvalue weighted by atomic mass is 32.1. The second-order valence-corrected chi connectivity index (χ2v) is 9.64. The first-order valence-corrected chi connectivity index (χ1v) is 12.1. The van der Waals surface area contributed by atoms with E-state index in [0.29, 0.717) is 32.0 Å². The van der Waals surface area contributed by atoms with Crippen LogP contribution in [0.5, 0.6) is 0 Å². The van der Waals surface area contributed by atoms with Crippen molar-refractivity contribution in [3.05, 3.63) is 50.3 Å². The lowest BCUT2D eigenvalue weighted by Crippen LogP contribution is -2.39. The number of rotatable bonds is 7. The Hall–Kier alpha value is -2.03. The van der Waals surface area contributed by atoms with E-state index in [1.165, 1.54) is 4.88 Å². The largest absolute Gasteiger partial charge is 0.384 e. The maximum atomic E-state index is 12.4. The Kier molecular flexibility index (Phi) is 7.53. The quantitative estimate of drug-likeness (QED) is 0.710. The molecule has 1 N–H and O–H groups in total. The van der Waals surface area contributed by atoms with Crippen molar-refractivity contribution in [3.63, 3.8) is 0 Å². The van der Waals surface area contributed by atoms with Gasteiger partial charge in [0, 0.05) is 56.1 Å². The van der Waals surface area contributed by atoms with Gasteiger partial charge in [0.1, 0.15) is 5.82 Å². The van der Waals surface area contributed by atoms with Gasteiger partial charge in [0.15, 0.2) is 0 Å². The minimum absolute atomic E-state index is 0.0611. The van der Waals surface area contributed by atoms with Crippen LogP contribution in [0.25, 0.3) is 0 Å². The third-order valence-corrected chi connectivity index (χ3v) is 7.28. The Labute approximate surface area is 187 Å². The minimum Gasteiger partial charge on any atom is -0.384 e. The first-order valence-electron chi connectivity index (χ1n) is 11.2. The number of amides is 1. The lowest BCUT2D eigenvalue weighted by atomic mass is 9.92. The van der Waals surface area contributed by atoms with Gasteiger partial charge in [-0.05, 0) is 43.7 Å². The Bertz CT molecular complexity index is 906. The molecule has 2 aromatic rings. The van der Waals surface area contributed by atoms with Crippen LogP contribution in [0.15, 0.2) is 28.4 Å². The third kappa shape index (κ3) is 5.81. The van der Waals surface area contributed by atoms with Crippen molar-refractivity contribution in [1.82, 2.24) is 19.8 Å². The fourth-order valence-corrected chi connectivity index (χ4v) is 5.46. The fraction of sp³-hybridized carbons (Fsp3) is 0.609. The van der Waals surface area contributed by atoms with E-state index in [1.54, 1.807) is 24.5 Å². The van der Waals surface area contributed by atoms with Gasteiger partial charge < -0.3 is 14.6 Å². The second-order valence-electron chi connectivity index (χ2n) is 8.61. The third-order valence-electron chi connectivity index (χ3n) is 6.42. The molecule has 2 aliphatic rings. The molecule has 2 fully saturated rings. The number of H-pyrrole nitrogens is 1. The van der Waals surface area contributed by atoms with Gasteiger partial charge >= 0.3 is 0 Å². The highest BCUT2D eigenvalue weighted by molar-refractivity contribution is 7.09. The van der Waals surface area contributed by atoms with E-state index in [-0.39, 0.29) is 17.4 Å². The molecule has 0 spiro atoms. The number of piperidine rings is 2. The number of nitrogens with one attached hydrogen (secondary N) is 1. The molecule has 2 saturated heterocycles. The summed E-state index contributed by atoms with van der Waals surface area (Å²) < 4.78 is 5.01. The highest BCUT2D eigenvalue weighted by Crippen LogP contribution is 2.29. The van der Waals surface area contributed by atoms with Crippen LogP contribution < -0.4 is 5.56 Å². The number of aromatic amines is 1. The van der Waals surface area contributed by atoms with Gasteiger partial charge in [0.05, 0.1) is 18.7 Å². The number of methoxy groups -OCH3 is 1. The molecule has 0 aliphatic carbocycles. The van der Waals surface area contributed by atoms with E-state index in [0.717, 1.165) is 56.8 Å². The number of ether oxygens (including phenoxy) is 1. The maximum absolute atomic E-state index is 12.4. The van der Waals surface area contributed by atoms with Crippen molar-refractivity contribution >= 4 is 17.2 Å². The van der Waals surface area contributed by atoms with Crippen LogP contribution in [-0.4, -0.2) is 65.6 Å². The molecule has 7 nitrogen and oxygen atoms in total. The zero-order valence-corrected chi connectivity index (χ0v) is 19.0. The number of hydrogen-bond donors (Lipinski definition) is 1. The van der Waals surface area contributed by atoms with E-state index < -0.39 is 0 Å². The zero-order valence-electron chi connectivity index (χ0n) is 18.2. The lowest BCUT2D eigenvalue weighted by molar-refractivity contribution is -0.133. The number of aromatic nitrogens is 2. The SMILES string of the molecule is COCCC(=O)N1CCC(c2nc(C3CCCN(Cc4cccs4)C3)cc(=O)[nH]2)CC1. The number of likely N-dealkylation sites (tertiary alicyclic amines) is 2. The van der Waals surface area contributed by atoms with Crippen LogP contribution in [0.4, 0.5) is 0 Å². The Morgan fingerprint density at radius 3 is 2.84 bits per heavy atom. The van der Waals surface area contributed by atoms with Gasteiger partial charge in [-0.3, -0.25) is 14.5 Å². The minimum atomic E-state index is -0.0611. The van der Waals surface area contributed by atoms with Crippen LogP contribution in [0.2, 0.25) is 0 Å². The summed E-state index contributed by atoms with van der Waals surface area (Å²) in [5.41, 5.74) is 0.863. The Balaban J connectivity index is 1.39. The van der Waals surface area contributed by atoms with Crippen molar-refractivity contribution in [2.24, 2.45) is 0 Å². The molecule has 0 radical (unpaired) electrons. The maximum Gasteiger partial charge on any atom is 0.251 e. The van der Waals surface area contributed by atoms with Gasteiger partial charge in [-0.25, -0.2) is 4.98 Å². The molecule has 8 heteroatoms. The van der Waals surface area contributed by atoms with Gasteiger partial charge in [-0.1, -0.05) is 6.07 Å². The molecule has 2 aromatic heterocycles. The fourth-order valence-electron chi connectivity index (χ4n) is 4.71. The molecule has 1 atom stereocenters. The summed E-state index contributed by atoms with van der Waals surface area (Å²) in [5.74, 6) is 1.43. The van der Waals surface area contributed by atoms with Crippen LogP contribution in [-0.2, 0) is 16.1 Å². The van der Waals surface area contributed by atoms with Gasteiger partial charge in [0.25, 0.3) is 5.56 Å². The summed E-state index contributed by atoms with van der Waals surface area (Å²) in [6.45, 7) is 4.89. The molecule has 1 amide bonds. The summed E-state index contributed by atoms with van der Waals surface area (Å²) in [4.78, 5) is 38.3. The van der Waals surface area contributed by atoms with Crippen LogP contribution in [0.1, 0.15) is 60.3 Å². The van der Waals surface area contributed by atoms with Gasteiger partial charge in [0.2, 0.25) is 5.91 Å². The molecule has 4 rings (SSSR count). The van der Waals surface area contributed by atoms with E-state index in [2.05, 4.69) is 27.4 Å². The van der Waals surface area contributed by atoms with Crippen LogP contribution in [0.3, 0.4) is 0 Å². The van der Waals surface area contributed by atoms with E-state index in [1.807, 2.05) is 4.90 Å². The predicted octanol–water partition coefficient (Wildman–Crippen LogP) is 2.95. The predicted molar refractivity (Wildman–Crippen MR) is 121 cm³/mol. The normalized spacial score (nSPS) is 20.8. The molecule has 2 aliphatic heterocycles. The summed E-state index contributed by atoms with van der Waals surface area (Å²) in [6, 6.07) is 5.97. The summed E-state index contributed by atoms with van der Waals surface area (Å²) in [7, 11) is 1.61. The van der Waals surface area contributed by atoms with Crippen LogP contribution >= 0.6 is 11.3 Å². The smallest absolute Gasteiger partial charge is 0.251 e. The summed E-state index contributed by atoms with van der Waals surface area (Å²) >= 11 is 1.80. The zero-order chi connectivity index (χ0) is 21.6. The topological polar surface area (TPSA) is 78.5 Å². The van der Waals surface area contributed by atoms with Crippen molar-refractivity contribution in [1.29, 1.82) is 0 Å². The van der Waals surface area contributed by atoms with Crippen LogP contribution in [0, 0.1) is 0 Å². The second kappa shape index (κ2) is 10.5. The number of hydrogen-bond acceptors (Lipinski definition) is 6. The molecule has 0 bridgehead atoms. The Morgan fingerprint density at radius 1 is 1.26 bits per heavy atom. The lowest BCUT2D eigenvalue weighted by Gasteiger charge is -2.33. The monoisotopic (exact) mass is 444 g/mol. The molecule has 0 aromatic carbocycles. The van der Waals surface area contributed by atoms with Crippen molar-refractivity contribution in [2.75, 3.05) is 39.9 Å². The number of nitrogens with zero attached hydrogens (tertiary/aromatic N) is 3. The number of thiophene rings is 1. The number of carbonyl (C=O) groups excluding carboxylic acids is 1. The molecule has 168 valence electrons. The van der Waals surface area contributed by atoms with Crippen molar-refractivity contribution in [3.8, 4) is 0 Å². The molecule has 4 heterocycles. The standard InChI is InChI=1S/C23H32N4O3S/c1-30-12-8-22(29)27-10-6-17(7-11-27)23-24-20(14-21(28)25-23)18-4-2-9-26(15-18)16-19-5-3-13-31-19/h3,5,13-14,17-18H,2,4,6-12,15-16H2,1H3,(H,24,25,28). The van der Waals surface area contributed by atoms with Gasteiger partial charge in [-0.2, -0.15) is 0 Å². The number of carbonyl (C=O) groups is 1. The first-order chi connectivity index (χ1) is 15.1. The molecule has 0 saturated carbocycles. The van der Waals surface area contributed by atoms with Crippen molar-refractivity contribution < 1.29 is 9.53 Å². The molecular formula is C23H32N4O3S. The van der Waals surface area contributed by atoms with Gasteiger partial charge in [-0.15, -0.1) is 11.3 Å². The van der Waals surface area contributed by atoms with E-state index in [4.69, 9.17) is 9.72 Å².